The molecule has 0 aliphatic rings. The summed E-state index contributed by atoms with van der Waals surface area (Å²) in [6.07, 6.45) is 0. The van der Waals surface area contributed by atoms with Gasteiger partial charge in [0, 0.05) is 16.6 Å². The minimum absolute atomic E-state index is 0.0165. The third-order valence-electron chi connectivity index (χ3n) is 4.13. The highest BCUT2D eigenvalue weighted by molar-refractivity contribution is 7.92. The number of sulfonamides is 1. The van der Waals surface area contributed by atoms with Gasteiger partial charge in [-0.05, 0) is 37.3 Å². The number of carbonyl (C=O) groups excluding carboxylic acids is 2. The van der Waals surface area contributed by atoms with E-state index in [4.69, 9.17) is 0 Å². The number of anilines is 1. The fourth-order valence-electron chi connectivity index (χ4n) is 2.72. The number of hydrogen-bond donors (Lipinski definition) is 1. The Morgan fingerprint density at radius 1 is 1.03 bits per heavy atom. The summed E-state index contributed by atoms with van der Waals surface area (Å²) in [5, 5.41) is 2.76. The first-order valence-corrected chi connectivity index (χ1v) is 11.0. The van der Waals surface area contributed by atoms with Crippen molar-refractivity contribution in [3.8, 4) is 11.3 Å². The summed E-state index contributed by atoms with van der Waals surface area (Å²) < 4.78 is 37.9. The summed E-state index contributed by atoms with van der Waals surface area (Å²) >= 11 is 1.48. The molecule has 0 bridgehead atoms. The molecule has 0 aliphatic carbocycles. The Balaban J connectivity index is 2.03. The molecule has 0 saturated heterocycles. The predicted molar refractivity (Wildman–Crippen MR) is 112 cm³/mol. The summed E-state index contributed by atoms with van der Waals surface area (Å²) in [6, 6.07) is 10.3. The van der Waals surface area contributed by atoms with E-state index < -0.39 is 26.9 Å². The van der Waals surface area contributed by atoms with E-state index in [9.17, 15) is 18.0 Å². The molecule has 1 N–H and O–H groups in total. The first kappa shape index (κ1) is 21.5. The molecule has 156 valence electrons. The highest BCUT2D eigenvalue weighted by atomic mass is 32.2. The number of nitrogens with zero attached hydrogens (tertiary/aromatic N) is 1. The summed E-state index contributed by atoms with van der Waals surface area (Å²) in [4.78, 5) is 27.9. The number of esters is 2. The van der Waals surface area contributed by atoms with Crippen molar-refractivity contribution in [3.05, 3.63) is 64.0 Å². The van der Waals surface area contributed by atoms with Crippen molar-refractivity contribution in [2.45, 2.75) is 11.8 Å². The number of nitrogens with one attached hydrogen (secondary N) is 1. The summed E-state index contributed by atoms with van der Waals surface area (Å²) in [6.45, 7) is 1.88. The zero-order valence-electron chi connectivity index (χ0n) is 16.3. The van der Waals surface area contributed by atoms with Crippen molar-refractivity contribution >= 4 is 39.0 Å². The van der Waals surface area contributed by atoms with Gasteiger partial charge >= 0.3 is 11.9 Å². The van der Waals surface area contributed by atoms with Gasteiger partial charge in [0.05, 0.1) is 36.0 Å². The van der Waals surface area contributed by atoms with Gasteiger partial charge in [0.15, 0.2) is 0 Å². The van der Waals surface area contributed by atoms with Gasteiger partial charge in [0.2, 0.25) is 0 Å². The molecule has 0 aliphatic heterocycles. The largest absolute Gasteiger partial charge is 0.465 e. The van der Waals surface area contributed by atoms with Gasteiger partial charge < -0.3 is 9.47 Å². The lowest BCUT2D eigenvalue weighted by Crippen LogP contribution is -2.18. The number of hydrogen-bond acceptors (Lipinski definition) is 8. The van der Waals surface area contributed by atoms with Crippen molar-refractivity contribution in [3.63, 3.8) is 0 Å². The summed E-state index contributed by atoms with van der Waals surface area (Å²) in [7, 11) is -1.92. The van der Waals surface area contributed by atoms with Gasteiger partial charge in [-0.2, -0.15) is 0 Å². The third kappa shape index (κ3) is 4.50. The minimum Gasteiger partial charge on any atom is -0.465 e. The lowest BCUT2D eigenvalue weighted by atomic mass is 10.1. The van der Waals surface area contributed by atoms with Crippen molar-refractivity contribution in [2.75, 3.05) is 18.9 Å². The van der Waals surface area contributed by atoms with E-state index in [1.54, 1.807) is 18.2 Å². The summed E-state index contributed by atoms with van der Waals surface area (Å²) in [5.41, 5.74) is 1.51. The van der Waals surface area contributed by atoms with E-state index in [0.717, 1.165) is 29.4 Å². The fraction of sp³-hybridized carbons (Fsp3) is 0.150. The molecule has 8 nitrogen and oxygen atoms in total. The molecule has 0 spiro atoms. The number of thiazole rings is 1. The molecule has 1 heterocycles. The standard InChI is InChI=1S/C20H18N2O6S2/c1-12-21-17(11-29-12)13-5-4-6-15(9-13)22-30(25,26)18-10-14(19(23)27-2)7-8-16(18)20(24)28-3/h4-11,22H,1-3H3. The maximum atomic E-state index is 13.1. The van der Waals surface area contributed by atoms with Crippen LogP contribution in [0.2, 0.25) is 0 Å². The molecule has 10 heteroatoms. The Morgan fingerprint density at radius 3 is 2.40 bits per heavy atom. The van der Waals surface area contributed by atoms with Gasteiger partial charge in [0.1, 0.15) is 4.90 Å². The van der Waals surface area contributed by atoms with Crippen LogP contribution in [-0.2, 0) is 19.5 Å². The second-order valence-corrected chi connectivity index (χ2v) is 8.85. The number of ether oxygens (including phenoxy) is 2. The highest BCUT2D eigenvalue weighted by Crippen LogP contribution is 2.27. The van der Waals surface area contributed by atoms with Crippen LogP contribution in [0, 0.1) is 6.92 Å². The number of benzene rings is 2. The number of aryl methyl sites for hydroxylation is 1. The molecule has 0 fully saturated rings. The Kier molecular flexibility index (Phi) is 6.18. The van der Waals surface area contributed by atoms with Crippen LogP contribution in [0.15, 0.2) is 52.7 Å². The maximum Gasteiger partial charge on any atom is 0.339 e. The number of rotatable bonds is 6. The molecule has 0 amide bonds. The van der Waals surface area contributed by atoms with Gasteiger partial charge in [-0.3, -0.25) is 4.72 Å². The minimum atomic E-state index is -4.23. The zero-order valence-corrected chi connectivity index (χ0v) is 18.0. The first-order chi connectivity index (χ1) is 14.2. The van der Waals surface area contributed by atoms with Crippen LogP contribution in [0.5, 0.6) is 0 Å². The molecule has 0 saturated carbocycles. The van der Waals surface area contributed by atoms with Crippen LogP contribution in [0.3, 0.4) is 0 Å². The van der Waals surface area contributed by atoms with Crippen LogP contribution >= 0.6 is 11.3 Å². The van der Waals surface area contributed by atoms with E-state index in [0.29, 0.717) is 0 Å². The van der Waals surface area contributed by atoms with Crippen LogP contribution < -0.4 is 4.72 Å². The molecular formula is C20H18N2O6S2. The molecule has 0 unspecified atom stereocenters. The normalized spacial score (nSPS) is 11.0. The Morgan fingerprint density at radius 2 is 1.77 bits per heavy atom. The second kappa shape index (κ2) is 8.64. The second-order valence-electron chi connectivity index (χ2n) is 6.13. The SMILES string of the molecule is COC(=O)c1ccc(C(=O)OC)c(S(=O)(=O)Nc2cccc(-c3csc(C)n3)c2)c1. The van der Waals surface area contributed by atoms with E-state index >= 15 is 0 Å². The van der Waals surface area contributed by atoms with E-state index in [-0.39, 0.29) is 16.8 Å². The average molecular weight is 447 g/mol. The quantitative estimate of drug-likeness (QED) is 0.577. The van der Waals surface area contributed by atoms with E-state index in [1.807, 2.05) is 18.4 Å². The summed E-state index contributed by atoms with van der Waals surface area (Å²) in [5.74, 6) is -1.58. The van der Waals surface area contributed by atoms with Crippen LogP contribution in [0.25, 0.3) is 11.3 Å². The Hall–Kier alpha value is -3.24. The molecule has 0 radical (unpaired) electrons. The molecule has 1 aromatic heterocycles. The molecule has 30 heavy (non-hydrogen) atoms. The Bertz CT molecular complexity index is 1220. The van der Waals surface area contributed by atoms with Gasteiger partial charge in [-0.25, -0.2) is 23.0 Å². The molecular weight excluding hydrogens is 428 g/mol. The average Bonchev–Trinajstić information content (AvgIpc) is 3.18. The van der Waals surface area contributed by atoms with E-state index in [1.165, 1.54) is 30.6 Å². The van der Waals surface area contributed by atoms with Crippen molar-refractivity contribution in [1.29, 1.82) is 0 Å². The third-order valence-corrected chi connectivity index (χ3v) is 6.32. The molecule has 3 aromatic rings. The van der Waals surface area contributed by atoms with Crippen LogP contribution in [0.1, 0.15) is 25.7 Å². The topological polar surface area (TPSA) is 112 Å². The van der Waals surface area contributed by atoms with Crippen molar-refractivity contribution < 1.29 is 27.5 Å². The fourth-order valence-corrected chi connectivity index (χ4v) is 4.61. The van der Waals surface area contributed by atoms with Crippen LogP contribution in [0.4, 0.5) is 5.69 Å². The molecule has 0 atom stereocenters. The molecule has 2 aromatic carbocycles. The monoisotopic (exact) mass is 446 g/mol. The smallest absolute Gasteiger partial charge is 0.339 e. The van der Waals surface area contributed by atoms with Crippen molar-refractivity contribution in [1.82, 2.24) is 4.98 Å². The van der Waals surface area contributed by atoms with Crippen LogP contribution in [-0.4, -0.2) is 39.6 Å². The number of carbonyl (C=O) groups is 2. The van der Waals surface area contributed by atoms with Gasteiger partial charge in [0.25, 0.3) is 10.0 Å². The lowest BCUT2D eigenvalue weighted by Gasteiger charge is -2.13. The zero-order chi connectivity index (χ0) is 21.9. The first-order valence-electron chi connectivity index (χ1n) is 8.61. The number of methoxy groups -OCH3 is 2. The highest BCUT2D eigenvalue weighted by Gasteiger charge is 2.25. The van der Waals surface area contributed by atoms with Gasteiger partial charge in [-0.1, -0.05) is 12.1 Å². The Labute approximate surface area is 177 Å². The lowest BCUT2D eigenvalue weighted by molar-refractivity contribution is 0.0583. The van der Waals surface area contributed by atoms with E-state index in [2.05, 4.69) is 19.2 Å². The predicted octanol–water partition coefficient (Wildman–Crippen LogP) is 3.49. The maximum absolute atomic E-state index is 13.1. The molecule has 3 rings (SSSR count). The number of aromatic nitrogens is 1. The van der Waals surface area contributed by atoms with Crippen molar-refractivity contribution in [2.24, 2.45) is 0 Å². The van der Waals surface area contributed by atoms with Gasteiger partial charge in [-0.15, -0.1) is 11.3 Å².